The number of rotatable bonds is 8. The Hall–Kier alpha value is -2.89. The lowest BCUT2D eigenvalue weighted by Gasteiger charge is -2.25. The minimum Gasteiger partial charge on any atom is -0.481 e. The van der Waals surface area contributed by atoms with Crippen LogP contribution < -0.4 is 10.1 Å². The largest absolute Gasteiger partial charge is 0.481 e. The van der Waals surface area contributed by atoms with Crippen molar-refractivity contribution < 1.29 is 19.4 Å². The molecular formula is C19H22N2O4. The fourth-order valence-electron chi connectivity index (χ4n) is 2.22. The second kappa shape index (κ2) is 8.28. The third kappa shape index (κ3) is 6.25. The summed E-state index contributed by atoms with van der Waals surface area (Å²) in [6.07, 6.45) is 1.85. The zero-order valence-electron chi connectivity index (χ0n) is 14.4. The van der Waals surface area contributed by atoms with Crippen molar-refractivity contribution in [3.63, 3.8) is 0 Å². The molecule has 0 unspecified atom stereocenters. The number of carbonyl (C=O) groups is 2. The van der Waals surface area contributed by atoms with Gasteiger partial charge in [0.1, 0.15) is 6.61 Å². The summed E-state index contributed by atoms with van der Waals surface area (Å²) in [5.74, 6) is -0.815. The molecule has 1 amide bonds. The Balaban J connectivity index is 1.97. The molecule has 0 aliphatic carbocycles. The third-order valence-corrected chi connectivity index (χ3v) is 3.64. The van der Waals surface area contributed by atoms with E-state index >= 15 is 0 Å². The fraction of sp³-hybridized carbons (Fsp3) is 0.316. The number of aromatic nitrogens is 1. The van der Waals surface area contributed by atoms with Crippen LogP contribution in [0.25, 0.3) is 0 Å². The van der Waals surface area contributed by atoms with Crippen molar-refractivity contribution in [3.8, 4) is 5.88 Å². The van der Waals surface area contributed by atoms with Crippen LogP contribution in [-0.4, -0.2) is 27.5 Å². The van der Waals surface area contributed by atoms with Crippen molar-refractivity contribution in [2.45, 2.75) is 38.8 Å². The molecule has 0 fully saturated rings. The lowest BCUT2D eigenvalue weighted by Crippen LogP contribution is -2.43. The van der Waals surface area contributed by atoms with Gasteiger partial charge in [0.05, 0.1) is 0 Å². The van der Waals surface area contributed by atoms with Gasteiger partial charge in [0.2, 0.25) is 5.88 Å². The number of amides is 1. The lowest BCUT2D eigenvalue weighted by molar-refractivity contribution is -0.137. The van der Waals surface area contributed by atoms with Crippen LogP contribution in [0.5, 0.6) is 5.88 Å². The zero-order chi connectivity index (χ0) is 18.3. The smallest absolute Gasteiger partial charge is 0.303 e. The van der Waals surface area contributed by atoms with Crippen molar-refractivity contribution in [2.24, 2.45) is 0 Å². The highest BCUT2D eigenvalue weighted by Gasteiger charge is 2.22. The van der Waals surface area contributed by atoms with E-state index in [2.05, 4.69) is 10.3 Å². The van der Waals surface area contributed by atoms with Crippen LogP contribution in [0.15, 0.2) is 48.7 Å². The molecular weight excluding hydrogens is 320 g/mol. The molecule has 0 radical (unpaired) electrons. The number of carboxylic acid groups (broad SMARTS) is 1. The summed E-state index contributed by atoms with van der Waals surface area (Å²) in [5, 5.41) is 11.6. The van der Waals surface area contributed by atoms with Crippen molar-refractivity contribution in [2.75, 3.05) is 0 Å². The second-order valence-corrected chi connectivity index (χ2v) is 6.39. The first-order chi connectivity index (χ1) is 11.9. The molecule has 0 atom stereocenters. The van der Waals surface area contributed by atoms with Gasteiger partial charge in [-0.3, -0.25) is 9.59 Å². The number of hydrogen-bond donors (Lipinski definition) is 2. The normalized spacial score (nSPS) is 11.0. The Morgan fingerprint density at radius 2 is 1.92 bits per heavy atom. The maximum atomic E-state index is 12.4. The van der Waals surface area contributed by atoms with Crippen molar-refractivity contribution >= 4 is 11.9 Å². The number of ether oxygens (including phenoxy) is 1. The maximum Gasteiger partial charge on any atom is 0.303 e. The average molecular weight is 342 g/mol. The van der Waals surface area contributed by atoms with E-state index in [1.54, 1.807) is 26.0 Å². The summed E-state index contributed by atoms with van der Waals surface area (Å²) < 4.78 is 5.62. The van der Waals surface area contributed by atoms with Gasteiger partial charge in [0.15, 0.2) is 0 Å². The number of carboxylic acids is 1. The Morgan fingerprint density at radius 1 is 1.20 bits per heavy atom. The molecule has 2 aromatic rings. The highest BCUT2D eigenvalue weighted by atomic mass is 16.5. The van der Waals surface area contributed by atoms with Gasteiger partial charge in [-0.05, 0) is 31.9 Å². The Bertz CT molecular complexity index is 729. The molecule has 132 valence electrons. The molecule has 1 aromatic heterocycles. The summed E-state index contributed by atoms with van der Waals surface area (Å²) >= 11 is 0. The quantitative estimate of drug-likeness (QED) is 0.770. The summed E-state index contributed by atoms with van der Waals surface area (Å²) in [6.45, 7) is 3.95. The number of benzene rings is 1. The molecule has 0 saturated heterocycles. The molecule has 0 aliphatic heterocycles. The number of pyridine rings is 1. The van der Waals surface area contributed by atoms with E-state index in [-0.39, 0.29) is 12.3 Å². The highest BCUT2D eigenvalue weighted by molar-refractivity contribution is 5.94. The molecule has 1 heterocycles. The minimum absolute atomic E-state index is 0.00490. The summed E-state index contributed by atoms with van der Waals surface area (Å²) in [4.78, 5) is 27.2. The standard InChI is InChI=1S/C19H22N2O4/c1-19(2,10-8-17(22)23)21-18(24)15-9-11-20-16(12-15)25-13-14-6-4-3-5-7-14/h3-7,9,11-12H,8,10,13H2,1-2H3,(H,21,24)(H,22,23). The van der Waals surface area contributed by atoms with E-state index < -0.39 is 11.5 Å². The van der Waals surface area contributed by atoms with Gasteiger partial charge in [-0.1, -0.05) is 30.3 Å². The van der Waals surface area contributed by atoms with E-state index in [0.717, 1.165) is 5.56 Å². The minimum atomic E-state index is -0.886. The van der Waals surface area contributed by atoms with E-state index in [4.69, 9.17) is 9.84 Å². The van der Waals surface area contributed by atoms with Crippen LogP contribution in [0.4, 0.5) is 0 Å². The Morgan fingerprint density at radius 3 is 2.60 bits per heavy atom. The topological polar surface area (TPSA) is 88.5 Å². The van der Waals surface area contributed by atoms with Crippen LogP contribution in [0.1, 0.15) is 42.6 Å². The van der Waals surface area contributed by atoms with Gasteiger partial charge in [-0.25, -0.2) is 4.98 Å². The summed E-state index contributed by atoms with van der Waals surface area (Å²) in [7, 11) is 0. The predicted molar refractivity (Wildman–Crippen MR) is 93.4 cm³/mol. The monoisotopic (exact) mass is 342 g/mol. The SMILES string of the molecule is CC(C)(CCC(=O)O)NC(=O)c1ccnc(OCc2ccccc2)c1. The van der Waals surface area contributed by atoms with Crippen molar-refractivity contribution in [1.29, 1.82) is 0 Å². The molecule has 25 heavy (non-hydrogen) atoms. The van der Waals surface area contributed by atoms with E-state index in [9.17, 15) is 9.59 Å². The Kier molecular flexibility index (Phi) is 6.11. The van der Waals surface area contributed by atoms with E-state index in [1.807, 2.05) is 30.3 Å². The molecule has 6 nitrogen and oxygen atoms in total. The van der Waals surface area contributed by atoms with Crippen LogP contribution in [0.3, 0.4) is 0 Å². The molecule has 0 aliphatic rings. The van der Waals surface area contributed by atoms with Crippen LogP contribution >= 0.6 is 0 Å². The number of carbonyl (C=O) groups excluding carboxylic acids is 1. The van der Waals surface area contributed by atoms with Gasteiger partial charge in [0, 0.05) is 29.8 Å². The van der Waals surface area contributed by atoms with Crippen molar-refractivity contribution in [3.05, 3.63) is 59.8 Å². The highest BCUT2D eigenvalue weighted by Crippen LogP contribution is 2.15. The summed E-state index contributed by atoms with van der Waals surface area (Å²) in [6, 6.07) is 12.8. The predicted octanol–water partition coefficient (Wildman–Crippen LogP) is 3.03. The van der Waals surface area contributed by atoms with Gasteiger partial charge >= 0.3 is 5.97 Å². The van der Waals surface area contributed by atoms with Gasteiger partial charge < -0.3 is 15.2 Å². The first kappa shape index (κ1) is 18.4. The summed E-state index contributed by atoms with van der Waals surface area (Å²) in [5.41, 5.74) is 0.805. The van der Waals surface area contributed by atoms with E-state index in [0.29, 0.717) is 24.5 Å². The van der Waals surface area contributed by atoms with Gasteiger partial charge in [0.25, 0.3) is 5.91 Å². The maximum absolute atomic E-state index is 12.4. The van der Waals surface area contributed by atoms with Gasteiger partial charge in [-0.2, -0.15) is 0 Å². The first-order valence-corrected chi connectivity index (χ1v) is 8.03. The van der Waals surface area contributed by atoms with Crippen molar-refractivity contribution in [1.82, 2.24) is 10.3 Å². The van der Waals surface area contributed by atoms with Gasteiger partial charge in [-0.15, -0.1) is 0 Å². The zero-order valence-corrected chi connectivity index (χ0v) is 14.4. The first-order valence-electron chi connectivity index (χ1n) is 8.03. The molecule has 0 spiro atoms. The molecule has 0 saturated carbocycles. The number of nitrogens with one attached hydrogen (secondary N) is 1. The number of aliphatic carboxylic acids is 1. The number of nitrogens with zero attached hydrogens (tertiary/aromatic N) is 1. The molecule has 2 rings (SSSR count). The third-order valence-electron chi connectivity index (χ3n) is 3.64. The van der Waals surface area contributed by atoms with Crippen LogP contribution in [0.2, 0.25) is 0 Å². The molecule has 2 N–H and O–H groups in total. The molecule has 6 heteroatoms. The second-order valence-electron chi connectivity index (χ2n) is 6.39. The molecule has 0 bridgehead atoms. The Labute approximate surface area is 146 Å². The van der Waals surface area contributed by atoms with Crippen LogP contribution in [0, 0.1) is 0 Å². The molecule has 1 aromatic carbocycles. The van der Waals surface area contributed by atoms with Crippen LogP contribution in [-0.2, 0) is 11.4 Å². The fourth-order valence-corrected chi connectivity index (χ4v) is 2.22. The average Bonchev–Trinajstić information content (AvgIpc) is 2.59. The van der Waals surface area contributed by atoms with E-state index in [1.165, 1.54) is 6.20 Å². The number of hydrogen-bond acceptors (Lipinski definition) is 4. The lowest BCUT2D eigenvalue weighted by atomic mass is 9.98.